The van der Waals surface area contributed by atoms with Crippen LogP contribution in [0.2, 0.25) is 0 Å². The number of rotatable bonds is 3. The molecule has 1 aromatic carbocycles. The smallest absolute Gasteiger partial charge is 0.278 e. The Bertz CT molecular complexity index is 763. The lowest BCUT2D eigenvalue weighted by Gasteiger charge is -2.28. The number of hydrogen-bond donors (Lipinski definition) is 0. The number of hydrogen-bond acceptors (Lipinski definition) is 6. The van der Waals surface area contributed by atoms with Crippen molar-refractivity contribution in [3.05, 3.63) is 47.3 Å². The highest BCUT2D eigenvalue weighted by Crippen LogP contribution is 2.43. The molecule has 0 saturated carbocycles. The summed E-state index contributed by atoms with van der Waals surface area (Å²) in [6.45, 7) is 3.31. The summed E-state index contributed by atoms with van der Waals surface area (Å²) in [7, 11) is 1.67. The Labute approximate surface area is 145 Å². The number of carbonyl (C=O) groups excluding carboxylic acids is 1. The number of aryl methyl sites for hydroxylation is 1. The topological polar surface area (TPSA) is 77.7 Å². The van der Waals surface area contributed by atoms with Gasteiger partial charge in [-0.15, -0.1) is 0 Å². The van der Waals surface area contributed by atoms with Gasteiger partial charge < -0.3 is 14.4 Å². The molecule has 7 heteroatoms. The van der Waals surface area contributed by atoms with E-state index in [2.05, 4.69) is 27.1 Å². The number of ether oxygens (including phenoxy) is 2. The van der Waals surface area contributed by atoms with Crippen molar-refractivity contribution in [2.75, 3.05) is 26.8 Å². The van der Waals surface area contributed by atoms with Gasteiger partial charge in [-0.3, -0.25) is 4.79 Å². The molecule has 2 aliphatic heterocycles. The lowest BCUT2D eigenvalue weighted by Crippen LogP contribution is -2.42. The Morgan fingerprint density at radius 3 is 2.80 bits per heavy atom. The molecule has 2 aliphatic rings. The van der Waals surface area contributed by atoms with Gasteiger partial charge in [0.1, 0.15) is 17.4 Å². The van der Waals surface area contributed by atoms with Crippen molar-refractivity contribution < 1.29 is 18.9 Å². The zero-order valence-corrected chi connectivity index (χ0v) is 14.3. The maximum atomic E-state index is 12.7. The number of amides is 1. The summed E-state index contributed by atoms with van der Waals surface area (Å²) in [4.78, 5) is 14.5. The van der Waals surface area contributed by atoms with E-state index in [1.807, 2.05) is 18.2 Å². The van der Waals surface area contributed by atoms with Gasteiger partial charge in [0.2, 0.25) is 0 Å². The van der Waals surface area contributed by atoms with Crippen molar-refractivity contribution in [3.8, 4) is 0 Å². The Hall–Kier alpha value is -2.25. The predicted molar refractivity (Wildman–Crippen MR) is 88.2 cm³/mol. The first-order valence-corrected chi connectivity index (χ1v) is 8.43. The molecule has 132 valence electrons. The standard InChI is InChI=1S/C18H21N3O4/c1-12-16(20-25-19-12)17(22)21-9-15(23-2)18(11-21)8-14(10-24-18)13-6-4-3-5-7-13/h3-7,14-15H,8-11H2,1-2H3/t14-,15-,18-/m1/s1. The van der Waals surface area contributed by atoms with Gasteiger partial charge in [0, 0.05) is 13.0 Å². The minimum absolute atomic E-state index is 0.162. The third-order valence-corrected chi connectivity index (χ3v) is 5.29. The summed E-state index contributed by atoms with van der Waals surface area (Å²) < 4.78 is 16.6. The third kappa shape index (κ3) is 2.73. The first kappa shape index (κ1) is 16.2. The second kappa shape index (κ2) is 6.24. The molecule has 2 saturated heterocycles. The molecule has 0 N–H and O–H groups in total. The Balaban J connectivity index is 1.54. The molecule has 2 aromatic rings. The molecule has 1 spiro atoms. The van der Waals surface area contributed by atoms with Crippen molar-refractivity contribution in [2.45, 2.75) is 31.0 Å². The fourth-order valence-corrected chi connectivity index (χ4v) is 3.95. The van der Waals surface area contributed by atoms with Gasteiger partial charge in [-0.2, -0.15) is 0 Å². The zero-order valence-electron chi connectivity index (χ0n) is 14.3. The average Bonchev–Trinajstić information content (AvgIpc) is 3.35. The highest BCUT2D eigenvalue weighted by atomic mass is 16.6. The molecule has 3 atom stereocenters. The third-order valence-electron chi connectivity index (χ3n) is 5.29. The van der Waals surface area contributed by atoms with Gasteiger partial charge in [-0.1, -0.05) is 35.5 Å². The van der Waals surface area contributed by atoms with Gasteiger partial charge in [0.05, 0.1) is 19.7 Å². The quantitative estimate of drug-likeness (QED) is 0.845. The van der Waals surface area contributed by atoms with E-state index < -0.39 is 5.60 Å². The summed E-state index contributed by atoms with van der Waals surface area (Å²) >= 11 is 0. The van der Waals surface area contributed by atoms with Crippen molar-refractivity contribution in [1.29, 1.82) is 0 Å². The van der Waals surface area contributed by atoms with Crippen LogP contribution in [0.4, 0.5) is 0 Å². The normalized spacial score (nSPS) is 28.8. The summed E-state index contributed by atoms with van der Waals surface area (Å²) in [5.41, 5.74) is 1.53. The van der Waals surface area contributed by atoms with E-state index in [-0.39, 0.29) is 17.7 Å². The molecule has 0 aliphatic carbocycles. The van der Waals surface area contributed by atoms with E-state index in [4.69, 9.17) is 9.47 Å². The molecule has 25 heavy (non-hydrogen) atoms. The van der Waals surface area contributed by atoms with Crippen LogP contribution in [-0.2, 0) is 9.47 Å². The maximum Gasteiger partial charge on any atom is 0.278 e. The molecule has 0 unspecified atom stereocenters. The van der Waals surface area contributed by atoms with Crippen molar-refractivity contribution in [2.24, 2.45) is 0 Å². The first-order valence-electron chi connectivity index (χ1n) is 8.43. The number of aromatic nitrogens is 2. The molecule has 2 fully saturated rings. The fourth-order valence-electron chi connectivity index (χ4n) is 3.95. The maximum absolute atomic E-state index is 12.7. The number of benzene rings is 1. The van der Waals surface area contributed by atoms with Crippen LogP contribution >= 0.6 is 0 Å². The molecular weight excluding hydrogens is 322 g/mol. The van der Waals surface area contributed by atoms with E-state index in [1.165, 1.54) is 5.56 Å². The van der Waals surface area contributed by atoms with E-state index in [9.17, 15) is 4.79 Å². The molecule has 4 rings (SSSR count). The number of carbonyl (C=O) groups is 1. The van der Waals surface area contributed by atoms with Crippen LogP contribution < -0.4 is 0 Å². The molecule has 7 nitrogen and oxygen atoms in total. The van der Waals surface area contributed by atoms with E-state index in [1.54, 1.807) is 18.9 Å². The Morgan fingerprint density at radius 2 is 2.12 bits per heavy atom. The molecule has 3 heterocycles. The molecular formula is C18H21N3O4. The van der Waals surface area contributed by atoms with Gasteiger partial charge in [-0.25, -0.2) is 4.63 Å². The van der Waals surface area contributed by atoms with Crippen LogP contribution in [0.25, 0.3) is 0 Å². The van der Waals surface area contributed by atoms with E-state index >= 15 is 0 Å². The summed E-state index contributed by atoms with van der Waals surface area (Å²) in [5, 5.41) is 7.42. The van der Waals surface area contributed by atoms with Crippen LogP contribution in [0.15, 0.2) is 35.0 Å². The van der Waals surface area contributed by atoms with Crippen molar-refractivity contribution >= 4 is 5.91 Å². The van der Waals surface area contributed by atoms with E-state index in [0.29, 0.717) is 31.3 Å². The van der Waals surface area contributed by atoms with Crippen LogP contribution in [0.3, 0.4) is 0 Å². The minimum Gasteiger partial charge on any atom is -0.377 e. The Morgan fingerprint density at radius 1 is 1.32 bits per heavy atom. The zero-order chi connectivity index (χ0) is 17.4. The van der Waals surface area contributed by atoms with Gasteiger partial charge >= 0.3 is 0 Å². The SMILES string of the molecule is CO[C@@H]1CN(C(=O)c2nonc2C)C[C@]12C[C@@H](c1ccccc1)CO2. The minimum atomic E-state index is -0.476. The molecule has 1 aromatic heterocycles. The highest BCUT2D eigenvalue weighted by Gasteiger charge is 2.54. The lowest BCUT2D eigenvalue weighted by atomic mass is 9.87. The fraction of sp³-hybridized carbons (Fsp3) is 0.500. The lowest BCUT2D eigenvalue weighted by molar-refractivity contribution is -0.0755. The van der Waals surface area contributed by atoms with Crippen LogP contribution in [-0.4, -0.2) is 59.6 Å². The highest BCUT2D eigenvalue weighted by molar-refractivity contribution is 5.93. The van der Waals surface area contributed by atoms with Crippen LogP contribution in [0.1, 0.15) is 34.1 Å². The van der Waals surface area contributed by atoms with Gasteiger partial charge in [-0.05, 0) is 24.1 Å². The van der Waals surface area contributed by atoms with E-state index in [0.717, 1.165) is 6.42 Å². The van der Waals surface area contributed by atoms with Crippen LogP contribution in [0.5, 0.6) is 0 Å². The molecule has 0 radical (unpaired) electrons. The van der Waals surface area contributed by atoms with Crippen molar-refractivity contribution in [3.63, 3.8) is 0 Å². The predicted octanol–water partition coefficient (Wildman–Crippen LogP) is 1.79. The number of methoxy groups -OCH3 is 1. The molecule has 1 amide bonds. The van der Waals surface area contributed by atoms with Gasteiger partial charge in [0.25, 0.3) is 5.91 Å². The number of nitrogens with zero attached hydrogens (tertiary/aromatic N) is 3. The Kier molecular flexibility index (Phi) is 4.05. The summed E-state index contributed by atoms with van der Waals surface area (Å²) in [6.07, 6.45) is 0.667. The first-order chi connectivity index (χ1) is 12.1. The monoisotopic (exact) mass is 343 g/mol. The average molecular weight is 343 g/mol. The van der Waals surface area contributed by atoms with Crippen LogP contribution in [0, 0.1) is 6.92 Å². The summed E-state index contributed by atoms with van der Waals surface area (Å²) in [5.74, 6) is 0.119. The second-order valence-corrected chi connectivity index (χ2v) is 6.80. The largest absolute Gasteiger partial charge is 0.377 e. The molecule has 0 bridgehead atoms. The second-order valence-electron chi connectivity index (χ2n) is 6.80. The van der Waals surface area contributed by atoms with Gasteiger partial charge in [0.15, 0.2) is 5.69 Å². The number of likely N-dealkylation sites (tertiary alicyclic amines) is 1. The van der Waals surface area contributed by atoms with Crippen molar-refractivity contribution in [1.82, 2.24) is 15.2 Å². The summed E-state index contributed by atoms with van der Waals surface area (Å²) in [6, 6.07) is 10.3.